The lowest BCUT2D eigenvalue weighted by Gasteiger charge is -2.33. The van der Waals surface area contributed by atoms with E-state index in [1.165, 1.54) is 10.4 Å². The maximum Gasteiger partial charge on any atom is 0.276 e. The van der Waals surface area contributed by atoms with Gasteiger partial charge >= 0.3 is 0 Å². The molecule has 102 valence electrons. The van der Waals surface area contributed by atoms with Crippen molar-refractivity contribution in [2.24, 2.45) is 17.6 Å². The molecule has 1 saturated heterocycles. The Morgan fingerprint density at radius 3 is 2.67 bits per heavy atom. The molecule has 0 bridgehead atoms. The predicted octanol–water partition coefficient (Wildman–Crippen LogP) is 1.40. The molecule has 0 spiro atoms. The predicted molar refractivity (Wildman–Crippen MR) is 68.3 cm³/mol. The summed E-state index contributed by atoms with van der Waals surface area (Å²) < 4.78 is 31.5. The second-order valence-electron chi connectivity index (χ2n) is 5.03. The van der Waals surface area contributed by atoms with Crippen LogP contribution in [0.4, 0.5) is 0 Å². The zero-order valence-electron chi connectivity index (χ0n) is 10.8. The summed E-state index contributed by atoms with van der Waals surface area (Å²) >= 11 is 0. The van der Waals surface area contributed by atoms with Crippen molar-refractivity contribution in [3.8, 4) is 0 Å². The van der Waals surface area contributed by atoms with Crippen molar-refractivity contribution in [2.45, 2.75) is 31.9 Å². The Morgan fingerprint density at radius 1 is 1.39 bits per heavy atom. The zero-order valence-corrected chi connectivity index (χ0v) is 11.6. The smallest absolute Gasteiger partial charge is 0.276 e. The molecule has 0 saturated carbocycles. The van der Waals surface area contributed by atoms with Crippen LogP contribution in [0.25, 0.3) is 0 Å². The molecule has 2 heterocycles. The van der Waals surface area contributed by atoms with E-state index in [1.54, 1.807) is 6.07 Å². The van der Waals surface area contributed by atoms with E-state index in [-0.39, 0.29) is 11.6 Å². The van der Waals surface area contributed by atoms with E-state index in [0.29, 0.717) is 30.7 Å². The number of hydrogen-bond acceptors (Lipinski definition) is 4. The lowest BCUT2D eigenvalue weighted by molar-refractivity contribution is 0.209. The molecule has 2 atom stereocenters. The molecule has 1 aromatic heterocycles. The van der Waals surface area contributed by atoms with E-state index in [9.17, 15) is 8.42 Å². The molecule has 0 aromatic carbocycles. The van der Waals surface area contributed by atoms with E-state index in [0.717, 1.165) is 6.42 Å². The Kier molecular flexibility index (Phi) is 3.79. The molecule has 1 fully saturated rings. The van der Waals surface area contributed by atoms with Crippen molar-refractivity contribution < 1.29 is 12.8 Å². The fourth-order valence-electron chi connectivity index (χ4n) is 2.18. The summed E-state index contributed by atoms with van der Waals surface area (Å²) in [5.74, 6) is 1.43. The van der Waals surface area contributed by atoms with Crippen LogP contribution in [-0.2, 0) is 16.6 Å². The lowest BCUT2D eigenvalue weighted by atomic mass is 9.90. The number of rotatable bonds is 3. The molecule has 2 unspecified atom stereocenters. The molecule has 0 amide bonds. The average Bonchev–Trinajstić information content (AvgIpc) is 2.81. The lowest BCUT2D eigenvalue weighted by Crippen LogP contribution is -2.42. The van der Waals surface area contributed by atoms with Gasteiger partial charge in [0.25, 0.3) is 10.0 Å². The SMILES string of the molecule is CC1CCN(S(=O)(=O)c2ccc(CN)o2)CC1C. The van der Waals surface area contributed by atoms with Gasteiger partial charge in [-0.25, -0.2) is 8.42 Å². The summed E-state index contributed by atoms with van der Waals surface area (Å²) in [6.07, 6.45) is 0.894. The van der Waals surface area contributed by atoms with E-state index < -0.39 is 10.0 Å². The molecule has 0 radical (unpaired) electrons. The van der Waals surface area contributed by atoms with E-state index in [2.05, 4.69) is 13.8 Å². The largest absolute Gasteiger partial charge is 0.447 e. The third-order valence-electron chi connectivity index (χ3n) is 3.73. The summed E-state index contributed by atoms with van der Waals surface area (Å²) in [4.78, 5) is 0. The average molecular weight is 272 g/mol. The van der Waals surface area contributed by atoms with Gasteiger partial charge in [0.15, 0.2) is 0 Å². The summed E-state index contributed by atoms with van der Waals surface area (Å²) in [6.45, 7) is 5.57. The van der Waals surface area contributed by atoms with Gasteiger partial charge in [0.05, 0.1) is 6.54 Å². The van der Waals surface area contributed by atoms with Crippen LogP contribution >= 0.6 is 0 Å². The van der Waals surface area contributed by atoms with Crippen molar-refractivity contribution in [1.82, 2.24) is 4.31 Å². The summed E-state index contributed by atoms with van der Waals surface area (Å²) in [5.41, 5.74) is 5.42. The normalized spacial score (nSPS) is 26.4. The Hall–Kier alpha value is -0.850. The van der Waals surface area contributed by atoms with Gasteiger partial charge in [0.1, 0.15) is 5.76 Å². The number of piperidine rings is 1. The maximum atomic E-state index is 12.4. The Labute approximate surface area is 108 Å². The van der Waals surface area contributed by atoms with Crippen molar-refractivity contribution in [1.29, 1.82) is 0 Å². The minimum absolute atomic E-state index is 0.00435. The number of hydrogen-bond donors (Lipinski definition) is 1. The second-order valence-corrected chi connectivity index (χ2v) is 6.90. The standard InChI is InChI=1S/C12H20N2O3S/c1-9-5-6-14(8-10(9)2)18(15,16)12-4-3-11(7-13)17-12/h3-4,9-10H,5-8,13H2,1-2H3. The highest BCUT2D eigenvalue weighted by Gasteiger charge is 2.33. The molecule has 1 aliphatic heterocycles. The monoisotopic (exact) mass is 272 g/mol. The van der Waals surface area contributed by atoms with Crippen molar-refractivity contribution in [2.75, 3.05) is 13.1 Å². The van der Waals surface area contributed by atoms with Crippen molar-refractivity contribution >= 4 is 10.0 Å². The quantitative estimate of drug-likeness (QED) is 0.902. The molecule has 5 nitrogen and oxygen atoms in total. The Bertz CT molecular complexity index is 509. The van der Waals surface area contributed by atoms with Crippen LogP contribution < -0.4 is 5.73 Å². The van der Waals surface area contributed by atoms with Gasteiger partial charge in [0, 0.05) is 13.1 Å². The molecular weight excluding hydrogens is 252 g/mol. The van der Waals surface area contributed by atoms with E-state index in [4.69, 9.17) is 10.2 Å². The highest BCUT2D eigenvalue weighted by Crippen LogP contribution is 2.27. The fraction of sp³-hybridized carbons (Fsp3) is 0.667. The minimum atomic E-state index is -3.50. The van der Waals surface area contributed by atoms with Crippen LogP contribution in [0.1, 0.15) is 26.0 Å². The molecule has 2 N–H and O–H groups in total. The van der Waals surface area contributed by atoms with Gasteiger partial charge in [0.2, 0.25) is 5.09 Å². The number of nitrogens with zero attached hydrogens (tertiary/aromatic N) is 1. The van der Waals surface area contributed by atoms with Crippen LogP contribution in [0.15, 0.2) is 21.6 Å². The van der Waals surface area contributed by atoms with Crippen molar-refractivity contribution in [3.63, 3.8) is 0 Å². The zero-order chi connectivity index (χ0) is 13.3. The van der Waals surface area contributed by atoms with Crippen molar-refractivity contribution in [3.05, 3.63) is 17.9 Å². The fourth-order valence-corrected chi connectivity index (χ4v) is 3.66. The molecule has 6 heteroatoms. The van der Waals surface area contributed by atoms with Gasteiger partial charge in [-0.15, -0.1) is 0 Å². The topological polar surface area (TPSA) is 76.5 Å². The second kappa shape index (κ2) is 5.03. The van der Waals surface area contributed by atoms with E-state index >= 15 is 0 Å². The summed E-state index contributed by atoms with van der Waals surface area (Å²) in [5, 5.41) is 0.00435. The maximum absolute atomic E-state index is 12.4. The summed E-state index contributed by atoms with van der Waals surface area (Å²) in [6, 6.07) is 3.10. The number of nitrogens with two attached hydrogens (primary N) is 1. The Balaban J connectivity index is 2.21. The third kappa shape index (κ3) is 2.46. The number of furan rings is 1. The first kappa shape index (κ1) is 13.6. The van der Waals surface area contributed by atoms with Crippen LogP contribution in [0.3, 0.4) is 0 Å². The summed E-state index contributed by atoms with van der Waals surface area (Å²) in [7, 11) is -3.50. The van der Waals surface area contributed by atoms with Crippen LogP contribution in [-0.4, -0.2) is 25.8 Å². The van der Waals surface area contributed by atoms with Crippen LogP contribution in [0.5, 0.6) is 0 Å². The first-order chi connectivity index (χ1) is 8.45. The minimum Gasteiger partial charge on any atom is -0.447 e. The van der Waals surface area contributed by atoms with E-state index in [1.807, 2.05) is 0 Å². The van der Waals surface area contributed by atoms with Crippen LogP contribution in [0, 0.1) is 11.8 Å². The first-order valence-corrected chi connectivity index (χ1v) is 7.68. The van der Waals surface area contributed by atoms with Gasteiger partial charge in [-0.1, -0.05) is 13.8 Å². The first-order valence-electron chi connectivity index (χ1n) is 6.24. The molecule has 1 aromatic rings. The van der Waals surface area contributed by atoms with Gasteiger partial charge in [-0.05, 0) is 30.4 Å². The third-order valence-corrected chi connectivity index (χ3v) is 5.47. The molecule has 1 aliphatic rings. The molecule has 18 heavy (non-hydrogen) atoms. The van der Waals surface area contributed by atoms with Gasteiger partial charge < -0.3 is 10.2 Å². The highest BCUT2D eigenvalue weighted by atomic mass is 32.2. The van der Waals surface area contributed by atoms with Crippen LogP contribution in [0.2, 0.25) is 0 Å². The molecule has 2 rings (SSSR count). The number of sulfonamides is 1. The van der Waals surface area contributed by atoms with Gasteiger partial charge in [-0.3, -0.25) is 0 Å². The van der Waals surface area contributed by atoms with Gasteiger partial charge in [-0.2, -0.15) is 4.31 Å². The highest BCUT2D eigenvalue weighted by molar-refractivity contribution is 7.89. The molecular formula is C12H20N2O3S. The Morgan fingerprint density at radius 2 is 2.11 bits per heavy atom. The molecule has 0 aliphatic carbocycles.